The van der Waals surface area contributed by atoms with E-state index >= 15 is 0 Å². The first-order valence-electron chi connectivity index (χ1n) is 6.64. The van der Waals surface area contributed by atoms with Crippen molar-refractivity contribution >= 4 is 34.6 Å². The highest BCUT2D eigenvalue weighted by atomic mass is 32.1. The Balaban J connectivity index is 2.45. The van der Waals surface area contributed by atoms with Gasteiger partial charge in [-0.1, -0.05) is 6.07 Å². The van der Waals surface area contributed by atoms with Crippen molar-refractivity contribution in [1.29, 1.82) is 5.26 Å². The van der Waals surface area contributed by atoms with E-state index in [1.807, 2.05) is 6.07 Å². The molecule has 2 rings (SSSR count). The fourth-order valence-corrected chi connectivity index (χ4v) is 2.92. The second kappa shape index (κ2) is 6.85. The summed E-state index contributed by atoms with van der Waals surface area (Å²) in [6.45, 7) is 1.80. The van der Waals surface area contributed by atoms with Gasteiger partial charge < -0.3 is 5.32 Å². The first-order chi connectivity index (χ1) is 11.0. The van der Waals surface area contributed by atoms with Crippen LogP contribution in [-0.2, 0) is 0 Å². The van der Waals surface area contributed by atoms with Gasteiger partial charge in [0.1, 0.15) is 17.3 Å². The number of nitriles is 1. The summed E-state index contributed by atoms with van der Waals surface area (Å²) in [6.07, 6.45) is 1.37. The second-order valence-corrected chi connectivity index (χ2v) is 5.63. The molecule has 0 aliphatic carbocycles. The summed E-state index contributed by atoms with van der Waals surface area (Å²) in [5, 5.41) is 24.8. The highest BCUT2D eigenvalue weighted by Crippen LogP contribution is 2.27. The van der Waals surface area contributed by atoms with Crippen molar-refractivity contribution < 1.29 is 9.72 Å². The van der Waals surface area contributed by atoms with E-state index in [0.717, 1.165) is 5.56 Å². The molecule has 0 atom stereocenters. The Hall–Kier alpha value is -2.98. The zero-order valence-electron chi connectivity index (χ0n) is 12.5. The van der Waals surface area contributed by atoms with Gasteiger partial charge in [-0.15, -0.1) is 11.3 Å². The molecule has 116 valence electrons. The monoisotopic (exact) mass is 327 g/mol. The van der Waals surface area contributed by atoms with Crippen molar-refractivity contribution in [1.82, 2.24) is 0 Å². The van der Waals surface area contributed by atoms with Gasteiger partial charge in [0.05, 0.1) is 9.80 Å². The van der Waals surface area contributed by atoms with Crippen LogP contribution in [0.1, 0.15) is 20.8 Å². The predicted octanol–water partition coefficient (Wildman–Crippen LogP) is 3.80. The summed E-state index contributed by atoms with van der Waals surface area (Å²) >= 11 is 1.27. The van der Waals surface area contributed by atoms with E-state index in [-0.39, 0.29) is 17.0 Å². The van der Waals surface area contributed by atoms with Gasteiger partial charge in [-0.2, -0.15) is 5.26 Å². The van der Waals surface area contributed by atoms with Crippen LogP contribution in [0.15, 0.2) is 35.2 Å². The third-order valence-corrected chi connectivity index (χ3v) is 4.25. The number of nitrogens with zero attached hydrogens (tertiary/aromatic N) is 2. The molecule has 0 fully saturated rings. The standard InChI is InChI=1S/C16H13N3O3S/c1-10-5-6-23-16(10)15(20)12(9-17)7-11-3-4-13(18-2)14(8-11)19(21)22/h3-8,18H,1-2H3/b12-7-. The minimum Gasteiger partial charge on any atom is -0.383 e. The average molecular weight is 327 g/mol. The van der Waals surface area contributed by atoms with Crippen molar-refractivity contribution in [3.8, 4) is 6.07 Å². The van der Waals surface area contributed by atoms with E-state index in [0.29, 0.717) is 16.1 Å². The molecule has 0 radical (unpaired) electrons. The molecule has 1 N–H and O–H groups in total. The van der Waals surface area contributed by atoms with E-state index in [9.17, 15) is 20.2 Å². The van der Waals surface area contributed by atoms with Gasteiger partial charge in [-0.05, 0) is 41.6 Å². The van der Waals surface area contributed by atoms with Gasteiger partial charge in [0, 0.05) is 13.1 Å². The lowest BCUT2D eigenvalue weighted by atomic mass is 10.0. The zero-order chi connectivity index (χ0) is 17.0. The topological polar surface area (TPSA) is 96.0 Å². The third-order valence-electron chi connectivity index (χ3n) is 3.23. The lowest BCUT2D eigenvalue weighted by Crippen LogP contribution is -2.01. The number of allylic oxidation sites excluding steroid dienone is 1. The molecule has 1 aromatic heterocycles. The maximum atomic E-state index is 12.4. The molecule has 0 saturated heterocycles. The molecule has 0 bridgehead atoms. The number of Topliss-reactive ketones (excluding diaryl/α,β-unsaturated/α-hetero) is 1. The van der Waals surface area contributed by atoms with Crippen LogP contribution in [0.25, 0.3) is 6.08 Å². The molecule has 0 unspecified atom stereocenters. The molecule has 23 heavy (non-hydrogen) atoms. The number of ketones is 1. The molecule has 0 aliphatic rings. The van der Waals surface area contributed by atoms with Crippen LogP contribution in [-0.4, -0.2) is 17.8 Å². The Kier molecular flexibility index (Phi) is 4.88. The second-order valence-electron chi connectivity index (χ2n) is 4.72. The van der Waals surface area contributed by atoms with Crippen molar-refractivity contribution in [2.45, 2.75) is 6.92 Å². The molecular weight excluding hydrogens is 314 g/mol. The molecule has 0 amide bonds. The van der Waals surface area contributed by atoms with Crippen LogP contribution in [0.3, 0.4) is 0 Å². The zero-order valence-corrected chi connectivity index (χ0v) is 13.3. The number of hydrogen-bond acceptors (Lipinski definition) is 6. The van der Waals surface area contributed by atoms with E-state index in [2.05, 4.69) is 5.32 Å². The summed E-state index contributed by atoms with van der Waals surface area (Å²) in [6, 6.07) is 8.17. The van der Waals surface area contributed by atoms with Crippen LogP contribution in [0.2, 0.25) is 0 Å². The molecule has 7 heteroatoms. The number of carbonyl (C=O) groups is 1. The van der Waals surface area contributed by atoms with Crippen LogP contribution in [0, 0.1) is 28.4 Å². The van der Waals surface area contributed by atoms with Crippen LogP contribution < -0.4 is 5.32 Å². The van der Waals surface area contributed by atoms with Crippen LogP contribution >= 0.6 is 11.3 Å². The Morgan fingerprint density at radius 3 is 2.70 bits per heavy atom. The largest absolute Gasteiger partial charge is 0.383 e. The van der Waals surface area contributed by atoms with Gasteiger partial charge in [0.25, 0.3) is 5.69 Å². The lowest BCUT2D eigenvalue weighted by molar-refractivity contribution is -0.383. The van der Waals surface area contributed by atoms with Crippen molar-refractivity contribution in [2.75, 3.05) is 12.4 Å². The van der Waals surface area contributed by atoms with Gasteiger partial charge in [-0.25, -0.2) is 0 Å². The van der Waals surface area contributed by atoms with E-state index in [1.54, 1.807) is 37.6 Å². The highest BCUT2D eigenvalue weighted by Gasteiger charge is 2.17. The summed E-state index contributed by atoms with van der Waals surface area (Å²) in [4.78, 5) is 23.4. The highest BCUT2D eigenvalue weighted by molar-refractivity contribution is 7.12. The minimum absolute atomic E-state index is 0.0537. The van der Waals surface area contributed by atoms with Gasteiger partial charge in [-0.3, -0.25) is 14.9 Å². The number of aryl methyl sites for hydroxylation is 1. The Morgan fingerprint density at radius 1 is 1.43 bits per heavy atom. The number of rotatable bonds is 5. The van der Waals surface area contributed by atoms with Crippen LogP contribution in [0.4, 0.5) is 11.4 Å². The first kappa shape index (κ1) is 16.4. The first-order valence-corrected chi connectivity index (χ1v) is 7.52. The fourth-order valence-electron chi connectivity index (χ4n) is 2.04. The lowest BCUT2D eigenvalue weighted by Gasteiger charge is -2.03. The van der Waals surface area contributed by atoms with E-state index in [1.165, 1.54) is 23.5 Å². The van der Waals surface area contributed by atoms with Crippen molar-refractivity contribution in [3.63, 3.8) is 0 Å². The smallest absolute Gasteiger partial charge is 0.292 e. The van der Waals surface area contributed by atoms with E-state index < -0.39 is 4.92 Å². The number of nitro groups is 1. The summed E-state index contributed by atoms with van der Waals surface area (Å²) in [5.41, 5.74) is 1.43. The predicted molar refractivity (Wildman–Crippen MR) is 89.6 cm³/mol. The summed E-state index contributed by atoms with van der Waals surface area (Å²) in [7, 11) is 1.58. The normalized spacial score (nSPS) is 10.9. The third kappa shape index (κ3) is 3.44. The molecule has 0 aliphatic heterocycles. The summed E-state index contributed by atoms with van der Waals surface area (Å²) < 4.78 is 0. The molecule has 1 aromatic carbocycles. The average Bonchev–Trinajstić information content (AvgIpc) is 2.97. The van der Waals surface area contributed by atoms with E-state index in [4.69, 9.17) is 0 Å². The summed E-state index contributed by atoms with van der Waals surface area (Å²) in [5.74, 6) is -0.375. The molecule has 1 heterocycles. The number of carbonyl (C=O) groups excluding carboxylic acids is 1. The SMILES string of the molecule is CNc1ccc(/C=C(/C#N)C(=O)c2sccc2C)cc1[N+](=O)[O-]. The van der Waals surface area contributed by atoms with Gasteiger partial charge >= 0.3 is 0 Å². The number of nitrogens with one attached hydrogen (secondary N) is 1. The number of hydrogen-bond donors (Lipinski definition) is 1. The molecule has 0 saturated carbocycles. The maximum Gasteiger partial charge on any atom is 0.292 e. The van der Waals surface area contributed by atoms with Crippen molar-refractivity contribution in [3.05, 3.63) is 61.3 Å². The van der Waals surface area contributed by atoms with Gasteiger partial charge in [0.2, 0.25) is 5.78 Å². The number of nitro benzene ring substituents is 1. The van der Waals surface area contributed by atoms with Crippen LogP contribution in [0.5, 0.6) is 0 Å². The van der Waals surface area contributed by atoms with Crippen molar-refractivity contribution in [2.24, 2.45) is 0 Å². The maximum absolute atomic E-state index is 12.4. The minimum atomic E-state index is -0.513. The molecule has 6 nitrogen and oxygen atoms in total. The number of benzene rings is 1. The number of thiophene rings is 1. The fraction of sp³-hybridized carbons (Fsp3) is 0.125. The molecule has 0 spiro atoms. The molecule has 2 aromatic rings. The Labute approximate surface area is 136 Å². The molecular formula is C16H13N3O3S. The number of anilines is 1. The van der Waals surface area contributed by atoms with Gasteiger partial charge in [0.15, 0.2) is 0 Å². The Morgan fingerprint density at radius 2 is 2.17 bits per heavy atom. The quantitative estimate of drug-likeness (QED) is 0.296. The Bertz CT molecular complexity index is 846.